The van der Waals surface area contributed by atoms with E-state index in [-0.39, 0.29) is 10.4 Å². The van der Waals surface area contributed by atoms with Crippen molar-refractivity contribution in [3.8, 4) is 0 Å². The van der Waals surface area contributed by atoms with Crippen molar-refractivity contribution in [2.24, 2.45) is 0 Å². The van der Waals surface area contributed by atoms with Gasteiger partial charge in [-0.1, -0.05) is 24.4 Å². The summed E-state index contributed by atoms with van der Waals surface area (Å²) in [7, 11) is 0. The van der Waals surface area contributed by atoms with Gasteiger partial charge in [0.2, 0.25) is 5.28 Å². The molecule has 4 nitrogen and oxygen atoms in total. The zero-order chi connectivity index (χ0) is 12.3. The lowest BCUT2D eigenvalue weighted by atomic mass is 10.1. The highest BCUT2D eigenvalue weighted by Gasteiger charge is 2.33. The summed E-state index contributed by atoms with van der Waals surface area (Å²) in [6, 6.07) is 0. The Morgan fingerprint density at radius 2 is 2.00 bits per heavy atom. The Balaban J connectivity index is 2.03. The second kappa shape index (κ2) is 5.59. The molecule has 1 fully saturated rings. The molecular weight excluding hydrogens is 279 g/mol. The van der Waals surface area contributed by atoms with Crippen LogP contribution in [-0.4, -0.2) is 32.7 Å². The van der Waals surface area contributed by atoms with Crippen LogP contribution in [-0.2, 0) is 0 Å². The highest BCUT2D eigenvalue weighted by Crippen LogP contribution is 2.40. The molecule has 1 aromatic rings. The highest BCUT2D eigenvalue weighted by atomic mass is 35.5. The molecule has 1 aromatic heterocycles. The molecule has 1 aliphatic rings. The minimum Gasteiger partial charge on any atom is -0.366 e. The molecule has 0 aliphatic heterocycles. The molecule has 0 aromatic carbocycles. The fourth-order valence-corrected chi connectivity index (χ4v) is 3.31. The van der Waals surface area contributed by atoms with E-state index in [2.05, 4.69) is 26.8 Å². The Labute approximate surface area is 115 Å². The number of thioether (sulfide) groups is 1. The van der Waals surface area contributed by atoms with E-state index in [0.717, 1.165) is 6.54 Å². The monoisotopic (exact) mass is 292 g/mol. The van der Waals surface area contributed by atoms with Crippen molar-refractivity contribution in [2.45, 2.75) is 30.4 Å². The number of rotatable bonds is 4. The third kappa shape index (κ3) is 3.14. The molecule has 0 spiro atoms. The lowest BCUT2D eigenvalue weighted by Gasteiger charge is -2.27. The number of hydrogen-bond donors (Lipinski definition) is 1. The van der Waals surface area contributed by atoms with Crippen LogP contribution in [0.15, 0.2) is 0 Å². The van der Waals surface area contributed by atoms with Gasteiger partial charge in [0.1, 0.15) is 0 Å². The summed E-state index contributed by atoms with van der Waals surface area (Å²) in [5.41, 5.74) is 0. The smallest absolute Gasteiger partial charge is 0.245 e. The second-order valence-corrected chi connectivity index (χ2v) is 6.14. The summed E-state index contributed by atoms with van der Waals surface area (Å²) in [6.07, 6.45) is 7.19. The summed E-state index contributed by atoms with van der Waals surface area (Å²) in [5, 5.41) is 10.9. The molecule has 1 heterocycles. The van der Waals surface area contributed by atoms with Crippen LogP contribution >= 0.6 is 35.0 Å². The maximum Gasteiger partial charge on any atom is 0.245 e. The predicted octanol–water partition coefficient (Wildman–Crippen LogP) is 3.27. The van der Waals surface area contributed by atoms with Gasteiger partial charge in [-0.15, -0.1) is 10.2 Å². The fourth-order valence-electron chi connectivity index (χ4n) is 2.12. The van der Waals surface area contributed by atoms with Gasteiger partial charge in [-0.05, 0) is 30.7 Å². The second-order valence-electron chi connectivity index (χ2n) is 4.17. The van der Waals surface area contributed by atoms with Crippen molar-refractivity contribution in [3.05, 3.63) is 10.4 Å². The van der Waals surface area contributed by atoms with Crippen LogP contribution in [0.1, 0.15) is 25.7 Å². The molecule has 0 saturated heterocycles. The summed E-state index contributed by atoms with van der Waals surface area (Å²) < 4.78 is 0.292. The molecule has 0 atom stereocenters. The van der Waals surface area contributed by atoms with Crippen molar-refractivity contribution in [1.82, 2.24) is 15.2 Å². The first kappa shape index (κ1) is 13.2. The number of hydrogen-bond acceptors (Lipinski definition) is 5. The average molecular weight is 293 g/mol. The average Bonchev–Trinajstić information content (AvgIpc) is 2.80. The van der Waals surface area contributed by atoms with E-state index in [4.69, 9.17) is 23.2 Å². The van der Waals surface area contributed by atoms with Crippen LogP contribution in [0.3, 0.4) is 0 Å². The molecular formula is C10H14Cl2N4S. The lowest BCUT2D eigenvalue weighted by molar-refractivity contribution is 0.638. The van der Waals surface area contributed by atoms with Gasteiger partial charge in [0.15, 0.2) is 11.0 Å². The van der Waals surface area contributed by atoms with Crippen molar-refractivity contribution < 1.29 is 0 Å². The Kier molecular flexibility index (Phi) is 4.33. The molecule has 17 heavy (non-hydrogen) atoms. The van der Waals surface area contributed by atoms with Gasteiger partial charge in [-0.2, -0.15) is 16.7 Å². The Morgan fingerprint density at radius 1 is 1.29 bits per heavy atom. The first-order chi connectivity index (χ1) is 8.15. The predicted molar refractivity (Wildman–Crippen MR) is 73.1 cm³/mol. The van der Waals surface area contributed by atoms with Crippen LogP contribution in [0.2, 0.25) is 10.4 Å². The third-order valence-electron chi connectivity index (χ3n) is 3.15. The normalized spacial score (nSPS) is 18.3. The molecule has 1 aliphatic carbocycles. The highest BCUT2D eigenvalue weighted by molar-refractivity contribution is 8.00. The Bertz CT molecular complexity index is 396. The molecule has 0 unspecified atom stereocenters. The zero-order valence-corrected chi connectivity index (χ0v) is 11.9. The molecule has 1 N–H and O–H groups in total. The van der Waals surface area contributed by atoms with Gasteiger partial charge in [0.05, 0.1) is 0 Å². The van der Waals surface area contributed by atoms with Crippen LogP contribution in [0.5, 0.6) is 0 Å². The SMILES string of the molecule is CSC1(CNc2nc(Cl)nnc2Cl)CCCC1. The van der Waals surface area contributed by atoms with Crippen molar-refractivity contribution in [3.63, 3.8) is 0 Å². The van der Waals surface area contributed by atoms with E-state index >= 15 is 0 Å². The van der Waals surface area contributed by atoms with E-state index in [0.29, 0.717) is 10.6 Å². The van der Waals surface area contributed by atoms with Gasteiger partial charge >= 0.3 is 0 Å². The molecule has 0 radical (unpaired) electrons. The number of anilines is 1. The first-order valence-electron chi connectivity index (χ1n) is 5.50. The molecule has 0 amide bonds. The van der Waals surface area contributed by atoms with E-state index in [9.17, 15) is 0 Å². The molecule has 0 bridgehead atoms. The lowest BCUT2D eigenvalue weighted by Crippen LogP contribution is -2.30. The minimum absolute atomic E-state index is 0.113. The van der Waals surface area contributed by atoms with Crippen LogP contribution in [0.4, 0.5) is 5.82 Å². The van der Waals surface area contributed by atoms with E-state index < -0.39 is 0 Å². The van der Waals surface area contributed by atoms with Crippen molar-refractivity contribution >= 4 is 40.8 Å². The van der Waals surface area contributed by atoms with E-state index in [1.54, 1.807) is 0 Å². The van der Waals surface area contributed by atoms with Crippen LogP contribution in [0.25, 0.3) is 0 Å². The quantitative estimate of drug-likeness (QED) is 0.923. The number of nitrogens with one attached hydrogen (secondary N) is 1. The molecule has 94 valence electrons. The fraction of sp³-hybridized carbons (Fsp3) is 0.700. The third-order valence-corrected chi connectivity index (χ3v) is 4.98. The Morgan fingerprint density at radius 3 is 2.65 bits per heavy atom. The minimum atomic E-state index is 0.113. The number of nitrogens with zero attached hydrogens (tertiary/aromatic N) is 3. The first-order valence-corrected chi connectivity index (χ1v) is 7.48. The summed E-state index contributed by atoms with van der Waals surface area (Å²) in [5.74, 6) is 0.520. The zero-order valence-electron chi connectivity index (χ0n) is 9.54. The van der Waals surface area contributed by atoms with Crippen molar-refractivity contribution in [2.75, 3.05) is 18.1 Å². The topological polar surface area (TPSA) is 50.7 Å². The number of aromatic nitrogens is 3. The molecule has 7 heteroatoms. The van der Waals surface area contributed by atoms with Gasteiger partial charge in [-0.3, -0.25) is 0 Å². The standard InChI is InChI=1S/C10H14Cl2N4S/c1-17-10(4-2-3-5-10)6-13-8-7(11)15-16-9(12)14-8/h2-6H2,1H3,(H,13,14,16). The van der Waals surface area contributed by atoms with Gasteiger partial charge in [0.25, 0.3) is 0 Å². The van der Waals surface area contributed by atoms with E-state index in [1.807, 2.05) is 11.8 Å². The number of halogens is 2. The van der Waals surface area contributed by atoms with Gasteiger partial charge in [0, 0.05) is 11.3 Å². The molecule has 2 rings (SSSR count). The van der Waals surface area contributed by atoms with Crippen molar-refractivity contribution in [1.29, 1.82) is 0 Å². The van der Waals surface area contributed by atoms with Crippen LogP contribution in [0, 0.1) is 0 Å². The summed E-state index contributed by atoms with van der Waals surface area (Å²) in [6.45, 7) is 0.836. The Hall–Kier alpha value is -0.260. The van der Waals surface area contributed by atoms with Gasteiger partial charge in [-0.25, -0.2) is 0 Å². The van der Waals surface area contributed by atoms with Gasteiger partial charge < -0.3 is 5.32 Å². The largest absolute Gasteiger partial charge is 0.366 e. The van der Waals surface area contributed by atoms with E-state index in [1.165, 1.54) is 25.7 Å². The molecule has 1 saturated carbocycles. The maximum absolute atomic E-state index is 5.91. The maximum atomic E-state index is 5.91. The summed E-state index contributed by atoms with van der Waals surface area (Å²) >= 11 is 13.5. The summed E-state index contributed by atoms with van der Waals surface area (Å²) in [4.78, 5) is 4.04. The van der Waals surface area contributed by atoms with Crippen LogP contribution < -0.4 is 5.32 Å².